The monoisotopic (exact) mass is 550 g/mol. The summed E-state index contributed by atoms with van der Waals surface area (Å²) in [5.74, 6) is 8.08. The van der Waals surface area contributed by atoms with Gasteiger partial charge in [0, 0.05) is 29.1 Å². The zero-order chi connectivity index (χ0) is 28.5. The number of aryl methyl sites for hydroxylation is 1. The second-order valence-electron chi connectivity index (χ2n) is 12.3. The third-order valence-corrected chi connectivity index (χ3v) is 8.48. The maximum absolute atomic E-state index is 6.15. The smallest absolute Gasteiger partial charge is 0.119 e. The van der Waals surface area contributed by atoms with Gasteiger partial charge in [-0.3, -0.25) is 0 Å². The third kappa shape index (κ3) is 7.82. The Morgan fingerprint density at radius 2 is 1.46 bits per heavy atom. The van der Waals surface area contributed by atoms with Gasteiger partial charge in [-0.25, -0.2) is 0 Å². The van der Waals surface area contributed by atoms with Crippen molar-refractivity contribution in [2.75, 3.05) is 33.0 Å². The van der Waals surface area contributed by atoms with E-state index in [9.17, 15) is 0 Å². The van der Waals surface area contributed by atoms with Crippen LogP contribution in [0.25, 0.3) is 11.1 Å². The molecule has 0 radical (unpaired) electrons. The van der Waals surface area contributed by atoms with Crippen LogP contribution in [0.3, 0.4) is 0 Å². The zero-order valence-corrected chi connectivity index (χ0v) is 25.3. The molecule has 0 aromatic heterocycles. The van der Waals surface area contributed by atoms with Gasteiger partial charge in [0.2, 0.25) is 0 Å². The van der Waals surface area contributed by atoms with Crippen LogP contribution in [0.4, 0.5) is 0 Å². The molecule has 0 spiro atoms. The summed E-state index contributed by atoms with van der Waals surface area (Å²) in [6.45, 7) is 10.9. The molecule has 0 N–H and O–H groups in total. The molecule has 0 amide bonds. The standard InChI is InChI=1S/C38H46O3/c1-4-5-8-11-30-12-14-31(15-13-30)16-17-32-18-20-34-35-21-19-33(25-37(35)29(2)36(34)24-32)41-23-10-7-6-9-22-39-26-38(3)27-40-28-38/h12-15,18-21,24-25,29H,4-11,22-23,26-28H2,1-3H3. The van der Waals surface area contributed by atoms with Crippen LogP contribution in [0.2, 0.25) is 0 Å². The van der Waals surface area contributed by atoms with E-state index in [1.807, 2.05) is 0 Å². The van der Waals surface area contributed by atoms with E-state index >= 15 is 0 Å². The Balaban J connectivity index is 1.08. The molecule has 5 rings (SSSR count). The van der Waals surface area contributed by atoms with E-state index < -0.39 is 0 Å². The predicted octanol–water partition coefficient (Wildman–Crippen LogP) is 8.94. The number of benzene rings is 3. The largest absolute Gasteiger partial charge is 0.494 e. The van der Waals surface area contributed by atoms with Gasteiger partial charge in [-0.1, -0.05) is 76.1 Å². The Bertz CT molecular complexity index is 1340. The van der Waals surface area contributed by atoms with E-state index in [1.165, 1.54) is 59.9 Å². The lowest BCUT2D eigenvalue weighted by atomic mass is 9.90. The normalized spacial score (nSPS) is 16.3. The highest BCUT2D eigenvalue weighted by molar-refractivity contribution is 5.80. The Kier molecular flexibility index (Phi) is 10.2. The van der Waals surface area contributed by atoms with Crippen molar-refractivity contribution in [3.05, 3.63) is 88.5 Å². The van der Waals surface area contributed by atoms with E-state index in [0.717, 1.165) is 69.2 Å². The molecule has 1 unspecified atom stereocenters. The summed E-state index contributed by atoms with van der Waals surface area (Å²) in [6, 6.07) is 22.0. The highest BCUT2D eigenvalue weighted by Gasteiger charge is 2.33. The molecule has 2 aliphatic rings. The Morgan fingerprint density at radius 3 is 2.20 bits per heavy atom. The Morgan fingerprint density at radius 1 is 0.780 bits per heavy atom. The van der Waals surface area contributed by atoms with Gasteiger partial charge in [-0.05, 0) is 96.3 Å². The SMILES string of the molecule is CCCCCc1ccc(C#Cc2ccc3c(c2)C(C)c2cc(OCCCCCCOCC4(C)COC4)ccc2-3)cc1. The lowest BCUT2D eigenvalue weighted by Gasteiger charge is -2.37. The molecule has 1 atom stereocenters. The molecule has 1 aliphatic carbocycles. The summed E-state index contributed by atoms with van der Waals surface area (Å²) in [5.41, 5.74) is 9.15. The van der Waals surface area contributed by atoms with Gasteiger partial charge < -0.3 is 14.2 Å². The van der Waals surface area contributed by atoms with Crippen molar-refractivity contribution in [2.24, 2.45) is 5.41 Å². The molecular formula is C38H46O3. The van der Waals surface area contributed by atoms with Crippen molar-refractivity contribution in [1.29, 1.82) is 0 Å². The lowest BCUT2D eigenvalue weighted by molar-refractivity contribution is -0.137. The summed E-state index contributed by atoms with van der Waals surface area (Å²) >= 11 is 0. The molecule has 1 fully saturated rings. The second kappa shape index (κ2) is 14.2. The van der Waals surface area contributed by atoms with Crippen molar-refractivity contribution in [1.82, 2.24) is 0 Å². The fourth-order valence-electron chi connectivity index (χ4n) is 5.83. The van der Waals surface area contributed by atoms with Crippen LogP contribution in [-0.4, -0.2) is 33.0 Å². The minimum absolute atomic E-state index is 0.249. The van der Waals surface area contributed by atoms with Gasteiger partial charge in [0.1, 0.15) is 5.75 Å². The highest BCUT2D eigenvalue weighted by Crippen LogP contribution is 2.46. The average Bonchev–Trinajstić information content (AvgIpc) is 3.25. The summed E-state index contributed by atoms with van der Waals surface area (Å²) in [7, 11) is 0. The van der Waals surface area contributed by atoms with Crippen LogP contribution in [-0.2, 0) is 15.9 Å². The molecule has 1 heterocycles. The summed E-state index contributed by atoms with van der Waals surface area (Å²) in [5, 5.41) is 0. The minimum atomic E-state index is 0.249. The summed E-state index contributed by atoms with van der Waals surface area (Å²) in [6.07, 6.45) is 9.51. The van der Waals surface area contributed by atoms with Crippen molar-refractivity contribution in [3.8, 4) is 28.7 Å². The van der Waals surface area contributed by atoms with Gasteiger partial charge in [0.25, 0.3) is 0 Å². The molecule has 1 aliphatic heterocycles. The van der Waals surface area contributed by atoms with E-state index in [1.54, 1.807) is 0 Å². The first-order valence-corrected chi connectivity index (χ1v) is 15.7. The van der Waals surface area contributed by atoms with Crippen molar-refractivity contribution >= 4 is 0 Å². The van der Waals surface area contributed by atoms with E-state index in [-0.39, 0.29) is 5.41 Å². The quantitative estimate of drug-likeness (QED) is 0.148. The number of hydrogen-bond donors (Lipinski definition) is 0. The molecule has 216 valence electrons. The molecule has 1 saturated heterocycles. The summed E-state index contributed by atoms with van der Waals surface area (Å²) in [4.78, 5) is 0. The molecule has 0 bridgehead atoms. The molecule has 0 saturated carbocycles. The van der Waals surface area contributed by atoms with Crippen LogP contribution < -0.4 is 4.74 Å². The van der Waals surface area contributed by atoms with Crippen LogP contribution in [0, 0.1) is 17.3 Å². The Hall–Kier alpha value is -3.06. The third-order valence-electron chi connectivity index (χ3n) is 8.48. The van der Waals surface area contributed by atoms with Crippen molar-refractivity contribution in [3.63, 3.8) is 0 Å². The molecule has 41 heavy (non-hydrogen) atoms. The zero-order valence-electron chi connectivity index (χ0n) is 25.3. The van der Waals surface area contributed by atoms with Gasteiger partial charge in [0.15, 0.2) is 0 Å². The fraction of sp³-hybridized carbons (Fsp3) is 0.474. The number of hydrogen-bond acceptors (Lipinski definition) is 3. The van der Waals surface area contributed by atoms with Crippen LogP contribution in [0.5, 0.6) is 5.75 Å². The first-order chi connectivity index (χ1) is 20.0. The topological polar surface area (TPSA) is 27.7 Å². The van der Waals surface area contributed by atoms with Crippen LogP contribution in [0.15, 0.2) is 60.7 Å². The van der Waals surface area contributed by atoms with Gasteiger partial charge in [-0.15, -0.1) is 0 Å². The number of unbranched alkanes of at least 4 members (excludes halogenated alkanes) is 5. The molecule has 3 heteroatoms. The maximum atomic E-state index is 6.15. The van der Waals surface area contributed by atoms with E-state index in [2.05, 4.69) is 93.3 Å². The number of ether oxygens (including phenoxy) is 3. The average molecular weight is 551 g/mol. The minimum Gasteiger partial charge on any atom is -0.494 e. The molecule has 3 nitrogen and oxygen atoms in total. The predicted molar refractivity (Wildman–Crippen MR) is 169 cm³/mol. The first kappa shape index (κ1) is 29.4. The highest BCUT2D eigenvalue weighted by atomic mass is 16.5. The van der Waals surface area contributed by atoms with Crippen LogP contribution in [0.1, 0.15) is 99.5 Å². The number of fused-ring (bicyclic) bond motifs is 3. The van der Waals surface area contributed by atoms with Gasteiger partial charge in [0.05, 0.1) is 26.4 Å². The molecule has 3 aromatic rings. The Labute approximate surface area is 247 Å². The molecular weight excluding hydrogens is 504 g/mol. The summed E-state index contributed by atoms with van der Waals surface area (Å²) < 4.78 is 17.3. The van der Waals surface area contributed by atoms with Crippen molar-refractivity contribution < 1.29 is 14.2 Å². The van der Waals surface area contributed by atoms with E-state index in [0.29, 0.717) is 5.92 Å². The number of rotatable bonds is 14. The fourth-order valence-corrected chi connectivity index (χ4v) is 5.83. The lowest BCUT2D eigenvalue weighted by Crippen LogP contribution is -2.43. The second-order valence-corrected chi connectivity index (χ2v) is 12.3. The maximum Gasteiger partial charge on any atom is 0.119 e. The van der Waals surface area contributed by atoms with E-state index in [4.69, 9.17) is 14.2 Å². The van der Waals surface area contributed by atoms with Crippen molar-refractivity contribution in [2.45, 2.75) is 78.1 Å². The van der Waals surface area contributed by atoms with Gasteiger partial charge in [-0.2, -0.15) is 0 Å². The first-order valence-electron chi connectivity index (χ1n) is 15.7. The van der Waals surface area contributed by atoms with Gasteiger partial charge >= 0.3 is 0 Å². The molecule has 3 aromatic carbocycles. The van der Waals surface area contributed by atoms with Crippen LogP contribution >= 0.6 is 0 Å².